The van der Waals surface area contributed by atoms with Gasteiger partial charge >= 0.3 is 13.8 Å². The van der Waals surface area contributed by atoms with Crippen LogP contribution < -0.4 is 5.73 Å². The van der Waals surface area contributed by atoms with Gasteiger partial charge in [0.05, 0.1) is 19.8 Å². The number of rotatable bonds is 46. The van der Waals surface area contributed by atoms with Crippen molar-refractivity contribution in [1.82, 2.24) is 0 Å². The quantitative estimate of drug-likeness (QED) is 0.0268. The Hall–Kier alpha value is -3.62. The molecule has 0 aliphatic carbocycles. The van der Waals surface area contributed by atoms with Crippen molar-refractivity contribution in [2.75, 3.05) is 33.0 Å². The lowest BCUT2D eigenvalue weighted by molar-refractivity contribution is -0.154. The van der Waals surface area contributed by atoms with Crippen LogP contribution in [-0.2, 0) is 27.9 Å². The van der Waals surface area contributed by atoms with Gasteiger partial charge in [0.1, 0.15) is 6.10 Å². The number of hydrogen-bond donors (Lipinski definition) is 2. The van der Waals surface area contributed by atoms with Gasteiger partial charge in [-0.1, -0.05) is 192 Å². The maximum absolute atomic E-state index is 12.7. The Morgan fingerprint density at radius 2 is 0.803 bits per heavy atom. The average Bonchev–Trinajstić information content (AvgIpc) is 3.31. The minimum absolute atomic E-state index is 0.0808. The number of nitrogens with two attached hydrogens (primary N) is 1. The van der Waals surface area contributed by atoms with E-state index in [0.29, 0.717) is 13.0 Å². The van der Waals surface area contributed by atoms with E-state index in [1.165, 1.54) is 19.3 Å². The first-order valence-corrected chi connectivity index (χ1v) is 26.8. The van der Waals surface area contributed by atoms with Crippen molar-refractivity contribution in [2.45, 2.75) is 174 Å². The second-order valence-corrected chi connectivity index (χ2v) is 17.4. The summed E-state index contributed by atoms with van der Waals surface area (Å²) in [4.78, 5) is 22.6. The first-order valence-electron chi connectivity index (χ1n) is 25.3. The van der Waals surface area contributed by atoms with E-state index < -0.39 is 13.9 Å². The second-order valence-electron chi connectivity index (χ2n) is 15.9. The van der Waals surface area contributed by atoms with E-state index in [2.05, 4.69) is 160 Å². The summed E-state index contributed by atoms with van der Waals surface area (Å²) in [6.07, 6.45) is 75.9. The molecule has 0 aromatic rings. The van der Waals surface area contributed by atoms with Crippen LogP contribution in [-0.4, -0.2) is 49.9 Å². The molecule has 0 amide bonds. The van der Waals surface area contributed by atoms with Crippen LogP contribution in [0.25, 0.3) is 0 Å². The summed E-state index contributed by atoms with van der Waals surface area (Å²) in [5.74, 6) is -0.374. The zero-order valence-electron chi connectivity index (χ0n) is 41.4. The summed E-state index contributed by atoms with van der Waals surface area (Å²) in [6, 6.07) is 0. The van der Waals surface area contributed by atoms with Crippen LogP contribution in [0.2, 0.25) is 0 Å². The number of carbonyl (C=O) groups excluding carboxylic acids is 1. The van der Waals surface area contributed by atoms with Gasteiger partial charge in [-0.15, -0.1) is 0 Å². The Kier molecular flexibility index (Phi) is 49.5. The smallest absolute Gasteiger partial charge is 0.457 e. The Morgan fingerprint density at radius 3 is 1.20 bits per heavy atom. The highest BCUT2D eigenvalue weighted by Crippen LogP contribution is 2.43. The van der Waals surface area contributed by atoms with Gasteiger partial charge in [0.25, 0.3) is 0 Å². The lowest BCUT2D eigenvalue weighted by Crippen LogP contribution is -2.28. The summed E-state index contributed by atoms with van der Waals surface area (Å²) in [6.45, 7) is 4.57. The number of ether oxygens (including phenoxy) is 2. The van der Waals surface area contributed by atoms with Crippen LogP contribution >= 0.6 is 7.82 Å². The number of carbonyl (C=O) groups is 1. The zero-order valence-corrected chi connectivity index (χ0v) is 42.3. The highest BCUT2D eigenvalue weighted by molar-refractivity contribution is 7.47. The highest BCUT2D eigenvalue weighted by Gasteiger charge is 2.25. The van der Waals surface area contributed by atoms with Crippen LogP contribution in [0.5, 0.6) is 0 Å². The van der Waals surface area contributed by atoms with Crippen LogP contribution in [0.1, 0.15) is 168 Å². The summed E-state index contributed by atoms with van der Waals surface area (Å²) in [5.41, 5.74) is 5.38. The Labute approximate surface area is 403 Å². The molecule has 66 heavy (non-hydrogen) atoms. The molecule has 0 bridgehead atoms. The van der Waals surface area contributed by atoms with E-state index in [1.54, 1.807) is 0 Å². The number of phosphoric ester groups is 1. The molecule has 8 nitrogen and oxygen atoms in total. The van der Waals surface area contributed by atoms with Gasteiger partial charge in [0.15, 0.2) is 0 Å². The Balaban J connectivity index is 4.13. The minimum Gasteiger partial charge on any atom is -0.457 e. The first-order chi connectivity index (χ1) is 32.4. The van der Waals surface area contributed by atoms with Crippen molar-refractivity contribution in [3.05, 3.63) is 146 Å². The van der Waals surface area contributed by atoms with Gasteiger partial charge in [-0.3, -0.25) is 13.8 Å². The standard InChI is InChI=1S/C57H92NO7P/c1-3-5-7-9-11-13-15-17-19-21-23-25-27-28-29-30-32-34-36-38-40-42-44-46-48-50-57(59)65-56(55-64-66(60,61)63-53-51-58)54-62-52-49-47-45-43-41-39-37-35-33-31-26-24-22-20-18-16-14-12-10-8-6-4-2/h5-8,11-14,17-20,23-26,28-29,32-35,38,40,56H,3-4,9-10,15-16,21-22,27,30-31,36-37,39,41-55,58H2,1-2H3,(H,60,61)/b7-5-,8-6-,13-11-,14-12-,19-17-,20-18-,25-23-,26-24-,29-28-,34-32-,35-33-,40-38-. The van der Waals surface area contributed by atoms with Crippen LogP contribution in [0, 0.1) is 0 Å². The molecule has 0 aromatic carbocycles. The maximum atomic E-state index is 12.7. The fourth-order valence-corrected chi connectivity index (χ4v) is 6.88. The molecule has 0 saturated carbocycles. The molecule has 0 rings (SSSR count). The van der Waals surface area contributed by atoms with Crippen LogP contribution in [0.3, 0.4) is 0 Å². The van der Waals surface area contributed by atoms with Gasteiger partial charge in [-0.25, -0.2) is 4.57 Å². The summed E-state index contributed by atoms with van der Waals surface area (Å²) in [7, 11) is -4.31. The SMILES string of the molecule is CC/C=C\C/C=C\C/C=C\C/C=C\C/C=C\C/C=C\C/C=C\CCCCCC(=O)OC(COCCCCCCCC/C=C\C/C=C\C/C=C\C/C=C\C/C=C\CC)COP(=O)(O)OCCN. The molecule has 372 valence electrons. The third-order valence-electron chi connectivity index (χ3n) is 9.75. The molecule has 0 saturated heterocycles. The van der Waals surface area contributed by atoms with Crippen molar-refractivity contribution in [2.24, 2.45) is 5.73 Å². The first kappa shape index (κ1) is 62.4. The summed E-state index contributed by atoms with van der Waals surface area (Å²) >= 11 is 0. The lowest BCUT2D eigenvalue weighted by atomic mass is 10.1. The van der Waals surface area contributed by atoms with Gasteiger partial charge in [-0.2, -0.15) is 0 Å². The molecule has 0 radical (unpaired) electrons. The molecule has 0 spiro atoms. The van der Waals surface area contributed by atoms with Crippen LogP contribution in [0.15, 0.2) is 146 Å². The van der Waals surface area contributed by atoms with Gasteiger partial charge in [0.2, 0.25) is 0 Å². The molecule has 3 N–H and O–H groups in total. The van der Waals surface area contributed by atoms with Gasteiger partial charge in [-0.05, 0) is 116 Å². The molecule has 0 aliphatic rings. The predicted molar refractivity (Wildman–Crippen MR) is 283 cm³/mol. The predicted octanol–water partition coefficient (Wildman–Crippen LogP) is 16.1. The fourth-order valence-electron chi connectivity index (χ4n) is 6.12. The average molecular weight is 934 g/mol. The van der Waals surface area contributed by atoms with Crippen molar-refractivity contribution in [3.8, 4) is 0 Å². The molecule has 0 aliphatic heterocycles. The van der Waals surface area contributed by atoms with Crippen molar-refractivity contribution in [1.29, 1.82) is 0 Å². The number of hydrogen-bond acceptors (Lipinski definition) is 7. The normalized spacial score (nSPS) is 14.5. The van der Waals surface area contributed by atoms with E-state index in [9.17, 15) is 14.3 Å². The Bertz CT molecular complexity index is 1510. The highest BCUT2D eigenvalue weighted by atomic mass is 31.2. The largest absolute Gasteiger partial charge is 0.472 e. The number of esters is 1. The zero-order chi connectivity index (χ0) is 48.0. The summed E-state index contributed by atoms with van der Waals surface area (Å²) in [5, 5.41) is 0. The molecule has 2 unspecified atom stereocenters. The van der Waals surface area contributed by atoms with Gasteiger partial charge < -0.3 is 20.1 Å². The maximum Gasteiger partial charge on any atom is 0.472 e. The van der Waals surface area contributed by atoms with E-state index in [1.807, 2.05) is 0 Å². The molecule has 0 heterocycles. The molecule has 9 heteroatoms. The van der Waals surface area contributed by atoms with E-state index in [0.717, 1.165) is 122 Å². The topological polar surface area (TPSA) is 117 Å². The number of allylic oxidation sites excluding steroid dienone is 24. The number of phosphoric acid groups is 1. The summed E-state index contributed by atoms with van der Waals surface area (Å²) < 4.78 is 33.5. The second kappa shape index (κ2) is 52.4. The lowest BCUT2D eigenvalue weighted by Gasteiger charge is -2.20. The molecular weight excluding hydrogens is 842 g/mol. The minimum atomic E-state index is -4.31. The number of unbranched alkanes of at least 4 members (excludes halogenated alkanes) is 9. The molecule has 0 fully saturated rings. The van der Waals surface area contributed by atoms with Crippen molar-refractivity contribution in [3.63, 3.8) is 0 Å². The van der Waals surface area contributed by atoms with Crippen LogP contribution in [0.4, 0.5) is 0 Å². The fraction of sp³-hybridized carbons (Fsp3) is 0.561. The van der Waals surface area contributed by atoms with Crippen molar-refractivity contribution < 1.29 is 32.8 Å². The third kappa shape index (κ3) is 51.4. The Morgan fingerprint density at radius 1 is 0.455 bits per heavy atom. The molecule has 0 aromatic heterocycles. The third-order valence-corrected chi connectivity index (χ3v) is 10.7. The van der Waals surface area contributed by atoms with Crippen molar-refractivity contribution >= 4 is 13.8 Å². The van der Waals surface area contributed by atoms with E-state index in [-0.39, 0.29) is 38.8 Å². The van der Waals surface area contributed by atoms with E-state index >= 15 is 0 Å². The molecular formula is C57H92NO7P. The monoisotopic (exact) mass is 934 g/mol. The van der Waals surface area contributed by atoms with Gasteiger partial charge in [0, 0.05) is 19.6 Å². The molecule has 2 atom stereocenters. The van der Waals surface area contributed by atoms with E-state index in [4.69, 9.17) is 24.3 Å².